The molecule has 3 aromatic rings. The third-order valence-electron chi connectivity index (χ3n) is 6.61. The first-order valence-corrected chi connectivity index (χ1v) is 13.1. The average molecular weight is 546 g/mol. The summed E-state index contributed by atoms with van der Waals surface area (Å²) in [6.45, 7) is 3.55. The molecule has 0 radical (unpaired) electrons. The minimum absolute atomic E-state index is 0.00585. The van der Waals surface area contributed by atoms with Gasteiger partial charge in [0.05, 0.1) is 5.69 Å². The highest BCUT2D eigenvalue weighted by molar-refractivity contribution is 5.97. The topological polar surface area (TPSA) is 207 Å². The van der Waals surface area contributed by atoms with Crippen LogP contribution in [0.1, 0.15) is 54.6 Å². The highest BCUT2D eigenvalue weighted by Gasteiger charge is 2.23. The van der Waals surface area contributed by atoms with Crippen LogP contribution in [0.3, 0.4) is 0 Å². The number of nitrogens with zero attached hydrogens (tertiary/aromatic N) is 2. The van der Waals surface area contributed by atoms with E-state index in [1.165, 1.54) is 4.57 Å². The first kappa shape index (κ1) is 28.1. The third-order valence-corrected chi connectivity index (χ3v) is 6.61. The number of amidine groups is 1. The molecule has 40 heavy (non-hydrogen) atoms. The fourth-order valence-electron chi connectivity index (χ4n) is 4.35. The second-order valence-corrected chi connectivity index (χ2v) is 10.2. The van der Waals surface area contributed by atoms with Crippen LogP contribution in [0.2, 0.25) is 0 Å². The van der Waals surface area contributed by atoms with Crippen LogP contribution in [0.5, 0.6) is 0 Å². The second-order valence-electron chi connectivity index (χ2n) is 10.2. The zero-order valence-electron chi connectivity index (χ0n) is 22.6. The SMILES string of the molecule is CC(C)Nc1nc(N)c(-c2cc(N)cc(C(=O)NC3CCC3)c2)n(CC(=O)NCc2ccc(C(=N)N)cc2)c1=O. The number of nitrogens with one attached hydrogen (secondary N) is 4. The monoisotopic (exact) mass is 545 g/mol. The number of amides is 2. The molecule has 1 saturated carbocycles. The summed E-state index contributed by atoms with van der Waals surface area (Å²) in [5.74, 6) is -0.742. The van der Waals surface area contributed by atoms with Gasteiger partial charge in [-0.3, -0.25) is 24.4 Å². The number of nitrogens with two attached hydrogens (primary N) is 3. The summed E-state index contributed by atoms with van der Waals surface area (Å²) in [6, 6.07) is 11.7. The van der Waals surface area contributed by atoms with Crippen LogP contribution in [0.25, 0.3) is 11.3 Å². The predicted octanol–water partition coefficient (Wildman–Crippen LogP) is 1.78. The van der Waals surface area contributed by atoms with Gasteiger partial charge in [0.25, 0.3) is 11.5 Å². The van der Waals surface area contributed by atoms with Gasteiger partial charge in [0.2, 0.25) is 5.91 Å². The first-order chi connectivity index (χ1) is 19.0. The number of hydrogen-bond donors (Lipinski definition) is 7. The molecule has 2 amide bonds. The molecule has 0 unspecified atom stereocenters. The zero-order chi connectivity index (χ0) is 29.0. The summed E-state index contributed by atoms with van der Waals surface area (Å²) in [7, 11) is 0. The minimum atomic E-state index is -0.540. The van der Waals surface area contributed by atoms with Crippen LogP contribution in [-0.2, 0) is 17.9 Å². The molecule has 0 bridgehead atoms. The Morgan fingerprint density at radius 2 is 1.80 bits per heavy atom. The van der Waals surface area contributed by atoms with Crippen molar-refractivity contribution in [2.24, 2.45) is 5.73 Å². The van der Waals surface area contributed by atoms with Crippen molar-refractivity contribution in [3.63, 3.8) is 0 Å². The van der Waals surface area contributed by atoms with Gasteiger partial charge >= 0.3 is 0 Å². The quantitative estimate of drug-likeness (QED) is 0.113. The Balaban J connectivity index is 1.66. The van der Waals surface area contributed by atoms with E-state index in [0.29, 0.717) is 22.4 Å². The number of aromatic nitrogens is 2. The maximum Gasteiger partial charge on any atom is 0.294 e. The van der Waals surface area contributed by atoms with E-state index in [1.807, 2.05) is 13.8 Å². The van der Waals surface area contributed by atoms with Crippen LogP contribution >= 0.6 is 0 Å². The van der Waals surface area contributed by atoms with Gasteiger partial charge in [-0.05, 0) is 56.9 Å². The van der Waals surface area contributed by atoms with E-state index < -0.39 is 11.5 Å². The van der Waals surface area contributed by atoms with E-state index in [4.69, 9.17) is 22.6 Å². The van der Waals surface area contributed by atoms with E-state index in [1.54, 1.807) is 42.5 Å². The van der Waals surface area contributed by atoms with Crippen molar-refractivity contribution >= 4 is 35.0 Å². The van der Waals surface area contributed by atoms with Gasteiger partial charge in [-0.1, -0.05) is 24.3 Å². The van der Waals surface area contributed by atoms with E-state index in [2.05, 4.69) is 20.9 Å². The van der Waals surface area contributed by atoms with Crippen LogP contribution < -0.4 is 38.7 Å². The van der Waals surface area contributed by atoms with Crippen molar-refractivity contribution in [2.75, 3.05) is 16.8 Å². The lowest BCUT2D eigenvalue weighted by atomic mass is 9.93. The Labute approximate surface area is 231 Å². The molecule has 1 aliphatic rings. The summed E-state index contributed by atoms with van der Waals surface area (Å²) >= 11 is 0. The molecule has 1 aliphatic carbocycles. The zero-order valence-corrected chi connectivity index (χ0v) is 22.6. The van der Waals surface area contributed by atoms with Crippen LogP contribution in [0, 0.1) is 5.41 Å². The summed E-state index contributed by atoms with van der Waals surface area (Å²) in [4.78, 5) is 43.7. The number of carbonyl (C=O) groups excluding carboxylic acids is 2. The smallest absolute Gasteiger partial charge is 0.294 e. The van der Waals surface area contributed by atoms with E-state index in [9.17, 15) is 14.4 Å². The molecular weight excluding hydrogens is 510 g/mol. The lowest BCUT2D eigenvalue weighted by Crippen LogP contribution is -2.39. The molecule has 0 atom stereocenters. The summed E-state index contributed by atoms with van der Waals surface area (Å²) in [5, 5.41) is 16.3. The maximum absolute atomic E-state index is 13.5. The molecule has 0 saturated heterocycles. The Morgan fingerprint density at radius 3 is 2.40 bits per heavy atom. The number of rotatable bonds is 10. The molecule has 1 fully saturated rings. The predicted molar refractivity (Wildman–Crippen MR) is 156 cm³/mol. The number of nitrogen functional groups attached to an aromatic ring is 3. The average Bonchev–Trinajstić information content (AvgIpc) is 2.87. The fourth-order valence-corrected chi connectivity index (χ4v) is 4.35. The lowest BCUT2D eigenvalue weighted by molar-refractivity contribution is -0.121. The molecule has 12 nitrogen and oxygen atoms in total. The molecule has 2 aromatic carbocycles. The summed E-state index contributed by atoms with van der Waals surface area (Å²) < 4.78 is 1.24. The normalized spacial score (nSPS) is 13.0. The Hall–Kier alpha value is -4.87. The molecule has 210 valence electrons. The second kappa shape index (κ2) is 11.9. The van der Waals surface area contributed by atoms with Crippen LogP contribution in [0.4, 0.5) is 17.3 Å². The Kier molecular flexibility index (Phi) is 8.37. The van der Waals surface area contributed by atoms with E-state index >= 15 is 0 Å². The van der Waals surface area contributed by atoms with E-state index in [0.717, 1.165) is 24.8 Å². The summed E-state index contributed by atoms with van der Waals surface area (Å²) in [5.41, 5.74) is 20.0. The number of carbonyl (C=O) groups is 2. The van der Waals surface area contributed by atoms with Crippen molar-refractivity contribution in [1.29, 1.82) is 5.41 Å². The van der Waals surface area contributed by atoms with Gasteiger partial charge in [0.15, 0.2) is 11.6 Å². The highest BCUT2D eigenvalue weighted by Crippen LogP contribution is 2.28. The highest BCUT2D eigenvalue weighted by atomic mass is 16.2. The van der Waals surface area contributed by atoms with Gasteiger partial charge in [-0.2, -0.15) is 0 Å². The van der Waals surface area contributed by atoms with Gasteiger partial charge < -0.3 is 33.2 Å². The van der Waals surface area contributed by atoms with Crippen molar-refractivity contribution < 1.29 is 9.59 Å². The third kappa shape index (κ3) is 6.57. The molecule has 10 N–H and O–H groups in total. The molecule has 0 spiro atoms. The van der Waals surface area contributed by atoms with Crippen LogP contribution in [0.15, 0.2) is 47.3 Å². The molecule has 12 heteroatoms. The molecule has 1 aromatic heterocycles. The maximum atomic E-state index is 13.5. The number of anilines is 3. The van der Waals surface area contributed by atoms with E-state index in [-0.39, 0.29) is 54.2 Å². The van der Waals surface area contributed by atoms with Crippen molar-refractivity contribution in [3.8, 4) is 11.3 Å². The number of hydrogen-bond acceptors (Lipinski definition) is 8. The molecular formula is C28H35N9O3. The standard InChI is InChI=1S/C28H35N9O3/c1-15(2)34-26-28(40)37(14-22(38)33-13-16-6-8-17(9-7-16)24(30)31)23(25(32)36-26)18-10-19(12-20(29)11-18)27(39)35-21-4-3-5-21/h6-12,15,21H,3-5,13-14,29,32H2,1-2H3,(H3,30,31)(H,33,38)(H,34,36)(H,35,39). The summed E-state index contributed by atoms with van der Waals surface area (Å²) in [6.07, 6.45) is 2.93. The number of benzene rings is 2. The van der Waals surface area contributed by atoms with Gasteiger partial charge in [-0.15, -0.1) is 0 Å². The fraction of sp³-hybridized carbons (Fsp3) is 0.321. The Bertz CT molecular complexity index is 1490. The molecule has 4 rings (SSSR count). The van der Waals surface area contributed by atoms with Gasteiger partial charge in [0.1, 0.15) is 12.4 Å². The van der Waals surface area contributed by atoms with Gasteiger partial charge in [0, 0.05) is 41.0 Å². The molecule has 1 heterocycles. The van der Waals surface area contributed by atoms with Gasteiger partial charge in [-0.25, -0.2) is 4.98 Å². The van der Waals surface area contributed by atoms with Crippen molar-refractivity contribution in [2.45, 2.75) is 58.3 Å². The van der Waals surface area contributed by atoms with Crippen LogP contribution in [-0.4, -0.2) is 39.3 Å². The molecule has 0 aliphatic heterocycles. The minimum Gasteiger partial charge on any atom is -0.399 e. The Morgan fingerprint density at radius 1 is 1.10 bits per heavy atom. The lowest BCUT2D eigenvalue weighted by Gasteiger charge is -2.26. The van der Waals surface area contributed by atoms with Crippen molar-refractivity contribution in [1.82, 2.24) is 20.2 Å². The first-order valence-electron chi connectivity index (χ1n) is 13.1. The van der Waals surface area contributed by atoms with Crippen molar-refractivity contribution in [3.05, 3.63) is 69.5 Å². The largest absolute Gasteiger partial charge is 0.399 e.